The number of benzene rings is 13. The molecule has 16 aromatic rings. The Balaban J connectivity index is 0.865. The molecule has 0 spiro atoms. The molecule has 2 aliphatic carbocycles. The van der Waals surface area contributed by atoms with E-state index >= 15 is 0 Å². The van der Waals surface area contributed by atoms with E-state index in [1.54, 1.807) is 0 Å². The SMILES string of the molecule is c1ccc(-c2nc(-c3ccccc3)nc(-c3ccc(-c4nc(-c5ccc(-c6nc(-c7ccccc7)nc(-c7ccccc7)n6)cc5)c5cc(-c6ccc7c8c(cccc68)-c6ccccc6-7)cc(-c6ccc7c8c(cccc68)-c6ccccc6-7)c5n4)cc3)n2)cc1. The minimum Gasteiger partial charge on any atom is -0.227 e. The molecule has 416 valence electrons. The highest BCUT2D eigenvalue weighted by Crippen LogP contribution is 2.53. The van der Waals surface area contributed by atoms with E-state index in [1.165, 1.54) is 60.7 Å². The van der Waals surface area contributed by atoms with Crippen molar-refractivity contribution in [2.45, 2.75) is 0 Å². The fourth-order valence-electron chi connectivity index (χ4n) is 13.5. The second kappa shape index (κ2) is 20.7. The quantitative estimate of drug-likeness (QED) is 0.133. The van der Waals surface area contributed by atoms with Crippen LogP contribution in [0.15, 0.2) is 291 Å². The van der Waals surface area contributed by atoms with E-state index in [1.807, 2.05) is 121 Å². The third kappa shape index (κ3) is 8.45. The molecule has 0 atom stereocenters. The molecule has 8 heteroatoms. The van der Waals surface area contributed by atoms with Crippen LogP contribution in [0.2, 0.25) is 0 Å². The second-order valence-corrected chi connectivity index (χ2v) is 22.9. The number of fused-ring (bicyclic) bond motifs is 7. The van der Waals surface area contributed by atoms with Gasteiger partial charge in [-0.2, -0.15) is 0 Å². The van der Waals surface area contributed by atoms with Gasteiger partial charge < -0.3 is 0 Å². The van der Waals surface area contributed by atoms with Crippen molar-refractivity contribution < 1.29 is 0 Å². The third-order valence-electron chi connectivity index (χ3n) is 17.7. The van der Waals surface area contributed by atoms with Crippen LogP contribution < -0.4 is 0 Å². The van der Waals surface area contributed by atoms with Gasteiger partial charge in [0.15, 0.2) is 40.8 Å². The molecule has 18 rings (SSSR count). The van der Waals surface area contributed by atoms with Crippen LogP contribution in [-0.4, -0.2) is 39.9 Å². The van der Waals surface area contributed by atoms with Crippen LogP contribution in [0, 0.1) is 0 Å². The standard InChI is InChI=1S/C82H48N8/c1-5-19-50(20-6-1)77-85-78(51-21-7-2-8-22-51)88-81(87-77)55-37-35-49(36-38-55)74-71-48-57(58-43-45-68-61-29-15-13-27-59(61)65-32-17-31-64(58)72(65)68)47-70(63-44-46-69-62-30-16-14-28-60(62)66-33-18-34-67(63)73(66)69)75(71)84-76(83-74)54-39-41-56(42-40-54)82-89-79(52-23-9-3-10-24-52)86-80(90-82)53-25-11-4-12-26-53/h1-48H. The molecule has 0 fully saturated rings. The van der Waals surface area contributed by atoms with Crippen LogP contribution in [0.1, 0.15) is 0 Å². The molecule has 0 saturated carbocycles. The van der Waals surface area contributed by atoms with Gasteiger partial charge in [0.05, 0.1) is 11.2 Å². The Labute approximate surface area is 518 Å². The van der Waals surface area contributed by atoms with Crippen LogP contribution in [0.25, 0.3) is 190 Å². The van der Waals surface area contributed by atoms with Crippen molar-refractivity contribution in [1.29, 1.82) is 0 Å². The molecular weight excluding hydrogens is 1100 g/mol. The predicted molar refractivity (Wildman–Crippen MR) is 365 cm³/mol. The molecular formula is C82H48N8. The number of hydrogen-bond donors (Lipinski definition) is 0. The molecule has 8 nitrogen and oxygen atoms in total. The minimum absolute atomic E-state index is 0.565. The molecule has 3 aromatic heterocycles. The first-order chi connectivity index (χ1) is 44.6. The summed E-state index contributed by atoms with van der Waals surface area (Å²) in [7, 11) is 0. The Morgan fingerprint density at radius 1 is 0.156 bits per heavy atom. The highest BCUT2D eigenvalue weighted by Gasteiger charge is 2.27. The lowest BCUT2D eigenvalue weighted by Gasteiger charge is -2.18. The summed E-state index contributed by atoms with van der Waals surface area (Å²) in [6.07, 6.45) is 0. The van der Waals surface area contributed by atoms with Gasteiger partial charge in [0.25, 0.3) is 0 Å². The summed E-state index contributed by atoms with van der Waals surface area (Å²) < 4.78 is 0. The van der Waals surface area contributed by atoms with Gasteiger partial charge in [-0.3, -0.25) is 0 Å². The molecule has 0 saturated heterocycles. The summed E-state index contributed by atoms with van der Waals surface area (Å²) in [6, 6.07) is 102. The highest BCUT2D eigenvalue weighted by atomic mass is 15.0. The van der Waals surface area contributed by atoms with E-state index in [4.69, 9.17) is 39.9 Å². The molecule has 2 aliphatic rings. The zero-order valence-electron chi connectivity index (χ0n) is 48.3. The molecule has 0 amide bonds. The van der Waals surface area contributed by atoms with Crippen molar-refractivity contribution in [3.05, 3.63) is 291 Å². The van der Waals surface area contributed by atoms with Crippen LogP contribution in [0.4, 0.5) is 0 Å². The number of rotatable bonds is 10. The first kappa shape index (κ1) is 51.0. The molecule has 3 heterocycles. The maximum absolute atomic E-state index is 5.75. The zero-order valence-corrected chi connectivity index (χ0v) is 48.3. The molecule has 0 bridgehead atoms. The number of aromatic nitrogens is 8. The zero-order chi connectivity index (χ0) is 59.2. The van der Waals surface area contributed by atoms with E-state index in [0.717, 1.165) is 88.7 Å². The lowest BCUT2D eigenvalue weighted by atomic mass is 9.88. The first-order valence-corrected chi connectivity index (χ1v) is 30.2. The summed E-state index contributed by atoms with van der Waals surface area (Å²) in [5.41, 5.74) is 23.0. The highest BCUT2D eigenvalue weighted by molar-refractivity contribution is 6.22. The fraction of sp³-hybridized carbons (Fsp3) is 0. The van der Waals surface area contributed by atoms with Crippen LogP contribution >= 0.6 is 0 Å². The van der Waals surface area contributed by atoms with Gasteiger partial charge >= 0.3 is 0 Å². The number of nitrogens with zero attached hydrogens (tertiary/aromatic N) is 8. The lowest BCUT2D eigenvalue weighted by molar-refractivity contribution is 1.07. The van der Waals surface area contributed by atoms with Gasteiger partial charge in [-0.05, 0) is 94.9 Å². The molecule has 0 radical (unpaired) electrons. The monoisotopic (exact) mass is 1140 g/mol. The Bertz CT molecular complexity index is 5390. The Hall–Kier alpha value is -12.3. The summed E-state index contributed by atoms with van der Waals surface area (Å²) in [6.45, 7) is 0. The third-order valence-corrected chi connectivity index (χ3v) is 17.7. The molecule has 90 heavy (non-hydrogen) atoms. The van der Waals surface area contributed by atoms with Gasteiger partial charge in [-0.1, -0.05) is 279 Å². The van der Waals surface area contributed by atoms with Gasteiger partial charge in [0, 0.05) is 55.5 Å². The first-order valence-electron chi connectivity index (χ1n) is 30.2. The maximum Gasteiger partial charge on any atom is 0.164 e. The van der Waals surface area contributed by atoms with E-state index in [0.29, 0.717) is 40.8 Å². The Morgan fingerprint density at radius 2 is 0.456 bits per heavy atom. The van der Waals surface area contributed by atoms with Crippen molar-refractivity contribution in [2.75, 3.05) is 0 Å². The number of hydrogen-bond acceptors (Lipinski definition) is 8. The van der Waals surface area contributed by atoms with Gasteiger partial charge in [-0.15, -0.1) is 0 Å². The van der Waals surface area contributed by atoms with Crippen molar-refractivity contribution >= 4 is 32.4 Å². The summed E-state index contributed by atoms with van der Waals surface area (Å²) in [5.74, 6) is 4.11. The van der Waals surface area contributed by atoms with E-state index in [-0.39, 0.29) is 0 Å². The average Bonchev–Trinajstić information content (AvgIpc) is 1.47. The Kier molecular flexibility index (Phi) is 11.7. The largest absolute Gasteiger partial charge is 0.227 e. The normalized spacial score (nSPS) is 11.8. The Morgan fingerprint density at radius 3 is 0.856 bits per heavy atom. The van der Waals surface area contributed by atoms with Crippen molar-refractivity contribution in [1.82, 2.24) is 39.9 Å². The van der Waals surface area contributed by atoms with Crippen LogP contribution in [-0.2, 0) is 0 Å². The van der Waals surface area contributed by atoms with Crippen molar-refractivity contribution in [3.8, 4) is 158 Å². The van der Waals surface area contributed by atoms with Crippen molar-refractivity contribution in [2.24, 2.45) is 0 Å². The fourth-order valence-corrected chi connectivity index (χ4v) is 13.5. The topological polar surface area (TPSA) is 103 Å². The average molecular weight is 1150 g/mol. The summed E-state index contributed by atoms with van der Waals surface area (Å²) >= 11 is 0. The molecule has 0 aliphatic heterocycles. The summed E-state index contributed by atoms with van der Waals surface area (Å²) in [5, 5.41) is 5.78. The van der Waals surface area contributed by atoms with Gasteiger partial charge in [0.2, 0.25) is 0 Å². The van der Waals surface area contributed by atoms with Gasteiger partial charge in [0.1, 0.15) is 0 Å². The minimum atomic E-state index is 0.565. The molecule has 0 unspecified atom stereocenters. The molecule has 0 N–H and O–H groups in total. The lowest BCUT2D eigenvalue weighted by Crippen LogP contribution is -2.01. The summed E-state index contributed by atoms with van der Waals surface area (Å²) in [4.78, 5) is 41.8. The van der Waals surface area contributed by atoms with Gasteiger partial charge in [-0.25, -0.2) is 39.9 Å². The van der Waals surface area contributed by atoms with Crippen LogP contribution in [0.3, 0.4) is 0 Å². The van der Waals surface area contributed by atoms with Crippen molar-refractivity contribution in [3.63, 3.8) is 0 Å². The van der Waals surface area contributed by atoms with E-state index in [9.17, 15) is 0 Å². The maximum atomic E-state index is 5.75. The second-order valence-electron chi connectivity index (χ2n) is 22.9. The molecule has 13 aromatic carbocycles. The van der Waals surface area contributed by atoms with E-state index < -0.39 is 0 Å². The van der Waals surface area contributed by atoms with E-state index in [2.05, 4.69) is 170 Å². The predicted octanol–water partition coefficient (Wildman–Crippen LogP) is 20.3. The smallest absolute Gasteiger partial charge is 0.164 e. The van der Waals surface area contributed by atoms with Crippen LogP contribution in [0.5, 0.6) is 0 Å².